The lowest BCUT2D eigenvalue weighted by molar-refractivity contribution is 0.0951. The number of nitrogens with zero attached hydrogens (tertiary/aromatic N) is 1. The highest BCUT2D eigenvalue weighted by Crippen LogP contribution is 2.05. The fourth-order valence-corrected chi connectivity index (χ4v) is 1.45. The normalized spacial score (nSPS) is 16.3. The first-order valence-corrected chi connectivity index (χ1v) is 5.51. The molecule has 0 radical (unpaired) electrons. The molecule has 2 atom stereocenters. The summed E-state index contributed by atoms with van der Waals surface area (Å²) < 4.78 is 5.15. The van der Waals surface area contributed by atoms with Crippen molar-refractivity contribution in [2.45, 2.75) is 39.8 Å². The van der Waals surface area contributed by atoms with Crippen LogP contribution in [-0.4, -0.2) is 43.8 Å². The van der Waals surface area contributed by atoms with Crippen molar-refractivity contribution in [3.63, 3.8) is 0 Å². The van der Waals surface area contributed by atoms with Crippen molar-refractivity contribution >= 4 is 0 Å². The Morgan fingerprint density at radius 2 is 1.86 bits per heavy atom. The minimum atomic E-state index is 0.259. The zero-order chi connectivity index (χ0) is 11.1. The summed E-state index contributed by atoms with van der Waals surface area (Å²) in [5.74, 6) is 0.541. The van der Waals surface area contributed by atoms with E-state index in [1.165, 1.54) is 0 Å². The molecule has 0 saturated heterocycles. The molecule has 0 aromatic rings. The fraction of sp³-hybridized carbons (Fsp3) is 1.00. The first-order chi connectivity index (χ1) is 6.52. The topological polar surface area (TPSA) is 38.5 Å². The highest BCUT2D eigenvalue weighted by Gasteiger charge is 2.16. The van der Waals surface area contributed by atoms with E-state index in [-0.39, 0.29) is 6.04 Å². The second-order valence-electron chi connectivity index (χ2n) is 4.30. The summed E-state index contributed by atoms with van der Waals surface area (Å²) in [6.07, 6.45) is 0. The molecule has 0 rings (SSSR count). The average molecular weight is 202 g/mol. The molecule has 0 bridgehead atoms. The summed E-state index contributed by atoms with van der Waals surface area (Å²) in [6, 6.07) is 0.712. The van der Waals surface area contributed by atoms with Crippen molar-refractivity contribution in [3.8, 4) is 0 Å². The van der Waals surface area contributed by atoms with Crippen LogP contribution < -0.4 is 5.73 Å². The molecule has 0 heterocycles. The summed E-state index contributed by atoms with van der Waals surface area (Å²) in [4.78, 5) is 2.37. The molecule has 0 saturated carbocycles. The Balaban J connectivity index is 4.00. The maximum absolute atomic E-state index is 6.04. The van der Waals surface area contributed by atoms with Crippen LogP contribution in [0.5, 0.6) is 0 Å². The lowest BCUT2D eigenvalue weighted by atomic mass is 10.0. The van der Waals surface area contributed by atoms with Crippen molar-refractivity contribution < 1.29 is 4.74 Å². The maximum Gasteiger partial charge on any atom is 0.0615 e. The van der Waals surface area contributed by atoms with E-state index in [1.807, 2.05) is 0 Å². The van der Waals surface area contributed by atoms with E-state index >= 15 is 0 Å². The minimum absolute atomic E-state index is 0.259. The molecular weight excluding hydrogens is 176 g/mol. The molecule has 0 fully saturated rings. The van der Waals surface area contributed by atoms with Gasteiger partial charge in [-0.25, -0.2) is 0 Å². The standard InChI is InChI=1S/C11H26N2O/c1-6-13(10(4)8-14-5)7-11(12)9(2)3/h9-11H,6-8,12H2,1-5H3. The van der Waals surface area contributed by atoms with Crippen molar-refractivity contribution in [2.75, 3.05) is 26.8 Å². The van der Waals surface area contributed by atoms with Gasteiger partial charge in [0.05, 0.1) is 6.61 Å². The lowest BCUT2D eigenvalue weighted by Crippen LogP contribution is -2.45. The maximum atomic E-state index is 6.04. The molecule has 2 N–H and O–H groups in total. The number of ether oxygens (including phenoxy) is 1. The lowest BCUT2D eigenvalue weighted by Gasteiger charge is -2.31. The first kappa shape index (κ1) is 13.9. The highest BCUT2D eigenvalue weighted by atomic mass is 16.5. The monoisotopic (exact) mass is 202 g/mol. The summed E-state index contributed by atoms with van der Waals surface area (Å²) >= 11 is 0. The van der Waals surface area contributed by atoms with E-state index in [1.54, 1.807) is 7.11 Å². The highest BCUT2D eigenvalue weighted by molar-refractivity contribution is 4.74. The molecule has 86 valence electrons. The van der Waals surface area contributed by atoms with Crippen LogP contribution in [0.15, 0.2) is 0 Å². The van der Waals surface area contributed by atoms with E-state index in [9.17, 15) is 0 Å². The van der Waals surface area contributed by atoms with Gasteiger partial charge in [0.25, 0.3) is 0 Å². The molecule has 0 aliphatic heterocycles. The Hall–Kier alpha value is -0.120. The summed E-state index contributed by atoms with van der Waals surface area (Å²) in [6.45, 7) is 11.4. The van der Waals surface area contributed by atoms with Crippen LogP contribution in [0.2, 0.25) is 0 Å². The Morgan fingerprint density at radius 1 is 1.29 bits per heavy atom. The van der Waals surface area contributed by atoms with Crippen LogP contribution in [0.1, 0.15) is 27.7 Å². The SMILES string of the molecule is CCN(CC(N)C(C)C)C(C)COC. The van der Waals surface area contributed by atoms with Crippen molar-refractivity contribution in [1.82, 2.24) is 4.90 Å². The zero-order valence-corrected chi connectivity index (χ0v) is 10.3. The van der Waals surface area contributed by atoms with Gasteiger partial charge in [-0.2, -0.15) is 0 Å². The van der Waals surface area contributed by atoms with Crippen LogP contribution >= 0.6 is 0 Å². The van der Waals surface area contributed by atoms with Crippen molar-refractivity contribution in [2.24, 2.45) is 11.7 Å². The predicted molar refractivity (Wildman–Crippen MR) is 61.4 cm³/mol. The van der Waals surface area contributed by atoms with Gasteiger partial charge < -0.3 is 10.5 Å². The minimum Gasteiger partial charge on any atom is -0.383 e. The van der Waals surface area contributed by atoms with Gasteiger partial charge in [0.2, 0.25) is 0 Å². The van der Waals surface area contributed by atoms with Crippen LogP contribution in [0.3, 0.4) is 0 Å². The molecule has 14 heavy (non-hydrogen) atoms. The van der Waals surface area contributed by atoms with E-state index in [0.29, 0.717) is 12.0 Å². The quantitative estimate of drug-likeness (QED) is 0.677. The van der Waals surface area contributed by atoms with E-state index in [2.05, 4.69) is 32.6 Å². The Bertz CT molecular complexity index is 139. The van der Waals surface area contributed by atoms with Gasteiger partial charge in [0.15, 0.2) is 0 Å². The second kappa shape index (κ2) is 7.21. The largest absolute Gasteiger partial charge is 0.383 e. The Morgan fingerprint density at radius 3 is 2.21 bits per heavy atom. The van der Waals surface area contributed by atoms with Gasteiger partial charge in [0.1, 0.15) is 0 Å². The molecule has 0 spiro atoms. The van der Waals surface area contributed by atoms with Gasteiger partial charge in [-0.3, -0.25) is 4.90 Å². The number of likely N-dealkylation sites (N-methyl/N-ethyl adjacent to an activating group) is 1. The van der Waals surface area contributed by atoms with Gasteiger partial charge >= 0.3 is 0 Å². The number of nitrogens with two attached hydrogens (primary N) is 1. The molecule has 3 nitrogen and oxygen atoms in total. The summed E-state index contributed by atoms with van der Waals surface area (Å²) in [5.41, 5.74) is 6.04. The molecule has 3 heteroatoms. The second-order valence-corrected chi connectivity index (χ2v) is 4.30. The zero-order valence-electron chi connectivity index (χ0n) is 10.3. The fourth-order valence-electron chi connectivity index (χ4n) is 1.45. The molecule has 2 unspecified atom stereocenters. The average Bonchev–Trinajstić information content (AvgIpc) is 2.13. The number of methoxy groups -OCH3 is 1. The number of hydrogen-bond donors (Lipinski definition) is 1. The third-order valence-corrected chi connectivity index (χ3v) is 2.74. The number of rotatable bonds is 7. The van der Waals surface area contributed by atoms with Gasteiger partial charge in [-0.05, 0) is 19.4 Å². The van der Waals surface area contributed by atoms with Gasteiger partial charge in [-0.15, -0.1) is 0 Å². The first-order valence-electron chi connectivity index (χ1n) is 5.51. The third-order valence-electron chi connectivity index (χ3n) is 2.74. The molecule has 0 aliphatic rings. The third kappa shape index (κ3) is 4.94. The summed E-state index contributed by atoms with van der Waals surface area (Å²) in [7, 11) is 1.74. The molecule has 0 aromatic carbocycles. The molecule has 0 aliphatic carbocycles. The Kier molecular flexibility index (Phi) is 7.15. The Labute approximate surface area is 88.6 Å². The molecular formula is C11H26N2O. The van der Waals surface area contributed by atoms with Crippen LogP contribution in [0.4, 0.5) is 0 Å². The van der Waals surface area contributed by atoms with Crippen molar-refractivity contribution in [1.29, 1.82) is 0 Å². The smallest absolute Gasteiger partial charge is 0.0615 e. The van der Waals surface area contributed by atoms with E-state index < -0.39 is 0 Å². The summed E-state index contributed by atoms with van der Waals surface area (Å²) in [5, 5.41) is 0. The molecule has 0 amide bonds. The van der Waals surface area contributed by atoms with Crippen molar-refractivity contribution in [3.05, 3.63) is 0 Å². The molecule has 0 aromatic heterocycles. The van der Waals surface area contributed by atoms with Gasteiger partial charge in [0, 0.05) is 25.7 Å². The predicted octanol–water partition coefficient (Wildman–Crippen LogP) is 1.33. The number of hydrogen-bond acceptors (Lipinski definition) is 3. The van der Waals surface area contributed by atoms with Crippen LogP contribution in [-0.2, 0) is 4.74 Å². The van der Waals surface area contributed by atoms with E-state index in [4.69, 9.17) is 10.5 Å². The van der Waals surface area contributed by atoms with Crippen LogP contribution in [0.25, 0.3) is 0 Å². The van der Waals surface area contributed by atoms with Gasteiger partial charge in [-0.1, -0.05) is 20.8 Å². The van der Waals surface area contributed by atoms with Crippen LogP contribution in [0, 0.1) is 5.92 Å². The van der Waals surface area contributed by atoms with E-state index in [0.717, 1.165) is 19.7 Å².